The Hall–Kier alpha value is -0.0800. The van der Waals surface area contributed by atoms with E-state index in [9.17, 15) is 0 Å². The summed E-state index contributed by atoms with van der Waals surface area (Å²) in [7, 11) is 4.27. The zero-order valence-corrected chi connectivity index (χ0v) is 9.18. The minimum atomic E-state index is 1.02. The van der Waals surface area contributed by atoms with Crippen LogP contribution in [0.1, 0.15) is 32.1 Å². The van der Waals surface area contributed by atoms with Crippen molar-refractivity contribution in [3.8, 4) is 0 Å². The number of hydrogen-bond donors (Lipinski definition) is 1. The number of hydrogen-bond acceptors (Lipinski definition) is 2. The van der Waals surface area contributed by atoms with Crippen molar-refractivity contribution < 1.29 is 0 Å². The van der Waals surface area contributed by atoms with E-state index in [1.54, 1.807) is 0 Å². The van der Waals surface area contributed by atoms with Gasteiger partial charge in [0.1, 0.15) is 0 Å². The molecule has 1 N–H and O–H groups in total. The van der Waals surface area contributed by atoms with Gasteiger partial charge in [-0.15, -0.1) is 0 Å². The third-order valence-corrected chi connectivity index (χ3v) is 3.13. The molecule has 2 heteroatoms. The van der Waals surface area contributed by atoms with Crippen LogP contribution in [0.4, 0.5) is 0 Å². The van der Waals surface area contributed by atoms with Gasteiger partial charge in [-0.3, -0.25) is 0 Å². The summed E-state index contributed by atoms with van der Waals surface area (Å²) in [5.74, 6) is 1.02. The molecule has 1 saturated heterocycles. The van der Waals surface area contributed by atoms with Crippen LogP contribution in [0.3, 0.4) is 0 Å². The van der Waals surface area contributed by atoms with Crippen molar-refractivity contribution in [2.24, 2.45) is 5.92 Å². The minimum absolute atomic E-state index is 1.02. The van der Waals surface area contributed by atoms with Crippen molar-refractivity contribution in [1.29, 1.82) is 0 Å². The van der Waals surface area contributed by atoms with Crippen LogP contribution in [0.25, 0.3) is 0 Å². The monoisotopic (exact) mass is 184 g/mol. The summed E-state index contributed by atoms with van der Waals surface area (Å²) in [6, 6.07) is 0. The van der Waals surface area contributed by atoms with Crippen LogP contribution in [0.5, 0.6) is 0 Å². The van der Waals surface area contributed by atoms with E-state index in [1.807, 2.05) is 7.05 Å². The molecule has 1 aliphatic rings. The lowest BCUT2D eigenvalue weighted by Crippen LogP contribution is -2.30. The Balaban J connectivity index is 1.96. The maximum Gasteiger partial charge on any atom is -0.00191 e. The Labute approximate surface area is 82.7 Å². The molecule has 0 radical (unpaired) electrons. The van der Waals surface area contributed by atoms with Crippen LogP contribution >= 0.6 is 0 Å². The fourth-order valence-corrected chi connectivity index (χ4v) is 2.09. The van der Waals surface area contributed by atoms with Gasteiger partial charge in [-0.25, -0.2) is 0 Å². The first-order chi connectivity index (χ1) is 6.33. The molecular weight excluding hydrogens is 160 g/mol. The van der Waals surface area contributed by atoms with Gasteiger partial charge in [0.05, 0.1) is 0 Å². The van der Waals surface area contributed by atoms with Crippen molar-refractivity contribution in [1.82, 2.24) is 10.2 Å². The van der Waals surface area contributed by atoms with Gasteiger partial charge in [0.25, 0.3) is 0 Å². The van der Waals surface area contributed by atoms with Gasteiger partial charge in [-0.2, -0.15) is 0 Å². The van der Waals surface area contributed by atoms with Crippen LogP contribution in [-0.4, -0.2) is 38.6 Å². The van der Waals surface area contributed by atoms with Crippen LogP contribution in [0.15, 0.2) is 0 Å². The van der Waals surface area contributed by atoms with Crippen molar-refractivity contribution in [3.63, 3.8) is 0 Å². The standard InChI is InChI=1S/C11H24N2/c1-12-8-4-3-5-11-6-9-13(2)10-7-11/h11-12H,3-10H2,1-2H3. The van der Waals surface area contributed by atoms with Gasteiger partial charge >= 0.3 is 0 Å². The highest BCUT2D eigenvalue weighted by Gasteiger charge is 2.15. The Morgan fingerprint density at radius 3 is 2.54 bits per heavy atom. The van der Waals surface area contributed by atoms with Crippen molar-refractivity contribution in [2.45, 2.75) is 32.1 Å². The fourth-order valence-electron chi connectivity index (χ4n) is 2.09. The largest absolute Gasteiger partial charge is 0.320 e. The molecule has 0 amide bonds. The Morgan fingerprint density at radius 1 is 1.23 bits per heavy atom. The van der Waals surface area contributed by atoms with Gasteiger partial charge in [0, 0.05) is 0 Å². The predicted molar refractivity (Wildman–Crippen MR) is 58.0 cm³/mol. The molecular formula is C11H24N2. The first-order valence-electron chi connectivity index (χ1n) is 5.66. The van der Waals surface area contributed by atoms with E-state index < -0.39 is 0 Å². The highest BCUT2D eigenvalue weighted by Crippen LogP contribution is 2.21. The Kier molecular flexibility index (Phi) is 5.40. The molecule has 0 aromatic carbocycles. The molecule has 78 valence electrons. The molecule has 0 bridgehead atoms. The summed E-state index contributed by atoms with van der Waals surface area (Å²) in [4.78, 5) is 2.45. The van der Waals surface area contributed by atoms with Crippen LogP contribution in [0, 0.1) is 5.92 Å². The molecule has 0 unspecified atom stereocenters. The van der Waals surface area contributed by atoms with E-state index in [0.717, 1.165) is 5.92 Å². The molecule has 2 nitrogen and oxygen atoms in total. The molecule has 0 atom stereocenters. The topological polar surface area (TPSA) is 15.3 Å². The number of nitrogens with one attached hydrogen (secondary N) is 1. The molecule has 0 aliphatic carbocycles. The van der Waals surface area contributed by atoms with Crippen molar-refractivity contribution in [2.75, 3.05) is 33.7 Å². The van der Waals surface area contributed by atoms with E-state index in [4.69, 9.17) is 0 Å². The van der Waals surface area contributed by atoms with Crippen LogP contribution in [-0.2, 0) is 0 Å². The third-order valence-electron chi connectivity index (χ3n) is 3.13. The highest BCUT2D eigenvalue weighted by atomic mass is 15.1. The van der Waals surface area contributed by atoms with Crippen LogP contribution < -0.4 is 5.32 Å². The molecule has 1 fully saturated rings. The molecule has 13 heavy (non-hydrogen) atoms. The first kappa shape index (κ1) is 11.0. The summed E-state index contributed by atoms with van der Waals surface area (Å²) in [6.07, 6.45) is 7.07. The van der Waals surface area contributed by atoms with E-state index in [1.165, 1.54) is 51.7 Å². The van der Waals surface area contributed by atoms with E-state index >= 15 is 0 Å². The maximum atomic E-state index is 3.20. The molecule has 0 saturated carbocycles. The SMILES string of the molecule is CNCCCCC1CCN(C)CC1. The Bertz CT molecular complexity index is 117. The maximum absolute atomic E-state index is 3.20. The number of piperidine rings is 1. The molecule has 1 aliphatic heterocycles. The van der Waals surface area contributed by atoms with Gasteiger partial charge in [-0.1, -0.05) is 12.8 Å². The quantitative estimate of drug-likeness (QED) is 0.654. The van der Waals surface area contributed by atoms with Gasteiger partial charge in [0.15, 0.2) is 0 Å². The zero-order chi connectivity index (χ0) is 9.52. The van der Waals surface area contributed by atoms with Gasteiger partial charge in [0.2, 0.25) is 0 Å². The third kappa shape index (κ3) is 4.63. The van der Waals surface area contributed by atoms with Gasteiger partial charge in [-0.05, 0) is 58.9 Å². The fraction of sp³-hybridized carbons (Fsp3) is 1.00. The lowest BCUT2D eigenvalue weighted by molar-refractivity contribution is 0.209. The second-order valence-corrected chi connectivity index (χ2v) is 4.35. The van der Waals surface area contributed by atoms with Crippen LogP contribution in [0.2, 0.25) is 0 Å². The van der Waals surface area contributed by atoms with E-state index in [2.05, 4.69) is 17.3 Å². The summed E-state index contributed by atoms with van der Waals surface area (Å²) in [6.45, 7) is 3.82. The number of nitrogens with zero attached hydrogens (tertiary/aromatic N) is 1. The van der Waals surface area contributed by atoms with Crippen molar-refractivity contribution >= 4 is 0 Å². The second-order valence-electron chi connectivity index (χ2n) is 4.35. The summed E-state index contributed by atoms with van der Waals surface area (Å²) < 4.78 is 0. The minimum Gasteiger partial charge on any atom is -0.320 e. The van der Waals surface area contributed by atoms with Gasteiger partial charge < -0.3 is 10.2 Å². The smallest absolute Gasteiger partial charge is 0.00191 e. The van der Waals surface area contributed by atoms with Crippen molar-refractivity contribution in [3.05, 3.63) is 0 Å². The summed E-state index contributed by atoms with van der Waals surface area (Å²) in [5.41, 5.74) is 0. The highest BCUT2D eigenvalue weighted by molar-refractivity contribution is 4.69. The first-order valence-corrected chi connectivity index (χ1v) is 5.66. The number of likely N-dealkylation sites (tertiary alicyclic amines) is 1. The average Bonchev–Trinajstić information content (AvgIpc) is 2.15. The number of unbranched alkanes of at least 4 members (excludes halogenated alkanes) is 1. The lowest BCUT2D eigenvalue weighted by atomic mass is 9.92. The zero-order valence-electron chi connectivity index (χ0n) is 9.18. The predicted octanol–water partition coefficient (Wildman–Crippen LogP) is 1.72. The number of rotatable bonds is 5. The van der Waals surface area contributed by atoms with E-state index in [-0.39, 0.29) is 0 Å². The molecule has 0 spiro atoms. The second kappa shape index (κ2) is 6.39. The summed E-state index contributed by atoms with van der Waals surface area (Å²) >= 11 is 0. The summed E-state index contributed by atoms with van der Waals surface area (Å²) in [5, 5.41) is 3.20. The average molecular weight is 184 g/mol. The molecule has 1 rings (SSSR count). The lowest BCUT2D eigenvalue weighted by Gasteiger charge is -2.28. The Morgan fingerprint density at radius 2 is 1.92 bits per heavy atom. The molecule has 0 aromatic rings. The van der Waals surface area contributed by atoms with E-state index in [0.29, 0.717) is 0 Å². The normalized spacial score (nSPS) is 20.8. The molecule has 0 aromatic heterocycles. The molecule has 1 heterocycles.